The van der Waals surface area contributed by atoms with Gasteiger partial charge in [0.25, 0.3) is 5.56 Å². The van der Waals surface area contributed by atoms with Gasteiger partial charge >= 0.3 is 0 Å². The van der Waals surface area contributed by atoms with Crippen LogP contribution in [-0.4, -0.2) is 9.97 Å². The van der Waals surface area contributed by atoms with E-state index in [-0.39, 0.29) is 5.56 Å². The topological polar surface area (TPSA) is 83.8 Å². The average Bonchev–Trinajstić information content (AvgIpc) is 2.41. The van der Waals surface area contributed by atoms with E-state index >= 15 is 0 Å². The number of nitrogens with two attached hydrogens (primary N) is 1. The smallest absolute Gasteiger partial charge is 0.266 e. The summed E-state index contributed by atoms with van der Waals surface area (Å²) >= 11 is 1.97. The van der Waals surface area contributed by atoms with Crippen molar-refractivity contribution in [2.24, 2.45) is 5.73 Å². The molecule has 0 atom stereocenters. The minimum Gasteiger partial charge on any atom is -0.365 e. The lowest BCUT2D eigenvalue weighted by Crippen LogP contribution is -2.15. The third-order valence-corrected chi connectivity index (χ3v) is 3.58. The van der Waals surface area contributed by atoms with Gasteiger partial charge in [-0.15, -0.1) is 0 Å². The van der Waals surface area contributed by atoms with Crippen molar-refractivity contribution < 1.29 is 0 Å². The molecule has 0 bridgehead atoms. The van der Waals surface area contributed by atoms with Crippen LogP contribution >= 0.6 is 22.6 Å². The van der Waals surface area contributed by atoms with Crippen molar-refractivity contribution in [1.82, 2.24) is 9.97 Å². The Kier molecular flexibility index (Phi) is 4.32. The second kappa shape index (κ2) is 5.96. The molecule has 0 aliphatic heterocycles. The normalized spacial score (nSPS) is 10.3. The van der Waals surface area contributed by atoms with E-state index in [1.807, 2.05) is 46.9 Å². The highest BCUT2D eigenvalue weighted by molar-refractivity contribution is 14.1. The van der Waals surface area contributed by atoms with Crippen LogP contribution in [0.1, 0.15) is 11.1 Å². The molecule has 94 valence electrons. The van der Waals surface area contributed by atoms with Crippen molar-refractivity contribution in [3.63, 3.8) is 0 Å². The van der Waals surface area contributed by atoms with E-state index in [9.17, 15) is 4.79 Å². The minimum absolute atomic E-state index is 0.139. The van der Waals surface area contributed by atoms with Gasteiger partial charge in [0.1, 0.15) is 9.39 Å². The van der Waals surface area contributed by atoms with Crippen LogP contribution in [0.3, 0.4) is 0 Å². The van der Waals surface area contributed by atoms with Gasteiger partial charge in [0.2, 0.25) is 0 Å². The number of nitrogens with one attached hydrogen (secondary N) is 2. The van der Waals surface area contributed by atoms with E-state index in [0.717, 1.165) is 11.1 Å². The molecule has 0 aliphatic carbocycles. The summed E-state index contributed by atoms with van der Waals surface area (Å²) in [4.78, 5) is 18.0. The number of hydrogen-bond acceptors (Lipinski definition) is 4. The number of halogens is 1. The Morgan fingerprint density at radius 3 is 2.78 bits per heavy atom. The predicted molar refractivity (Wildman–Crippen MR) is 79.2 cm³/mol. The van der Waals surface area contributed by atoms with Crippen LogP contribution in [0.5, 0.6) is 0 Å². The second-order valence-electron chi connectivity index (χ2n) is 3.72. The molecule has 18 heavy (non-hydrogen) atoms. The monoisotopic (exact) mass is 356 g/mol. The highest BCUT2D eigenvalue weighted by Crippen LogP contribution is 2.13. The van der Waals surface area contributed by atoms with E-state index in [0.29, 0.717) is 22.5 Å². The first-order chi connectivity index (χ1) is 8.72. The van der Waals surface area contributed by atoms with Crippen LogP contribution in [0.4, 0.5) is 5.82 Å². The van der Waals surface area contributed by atoms with Crippen molar-refractivity contribution >= 4 is 28.4 Å². The molecule has 1 aromatic carbocycles. The van der Waals surface area contributed by atoms with Gasteiger partial charge in [0.05, 0.1) is 6.33 Å². The molecule has 0 fully saturated rings. The lowest BCUT2D eigenvalue weighted by molar-refractivity contribution is 0.991. The van der Waals surface area contributed by atoms with Crippen LogP contribution in [0.2, 0.25) is 0 Å². The Morgan fingerprint density at radius 1 is 1.33 bits per heavy atom. The van der Waals surface area contributed by atoms with Gasteiger partial charge < -0.3 is 16.0 Å². The summed E-state index contributed by atoms with van der Waals surface area (Å²) in [5, 5.41) is 3.15. The summed E-state index contributed by atoms with van der Waals surface area (Å²) in [6.07, 6.45) is 1.39. The SMILES string of the molecule is NCc1ccccc1CNc1nc[nH]c(=O)c1I. The van der Waals surface area contributed by atoms with E-state index in [1.54, 1.807) is 0 Å². The number of rotatable bonds is 4. The summed E-state index contributed by atoms with van der Waals surface area (Å²) in [5.41, 5.74) is 7.73. The minimum atomic E-state index is -0.139. The molecular weight excluding hydrogens is 343 g/mol. The Morgan fingerprint density at radius 2 is 2.06 bits per heavy atom. The summed E-state index contributed by atoms with van der Waals surface area (Å²) in [5.74, 6) is 0.589. The van der Waals surface area contributed by atoms with Gasteiger partial charge in [0, 0.05) is 13.1 Å². The first kappa shape index (κ1) is 13.0. The molecule has 0 saturated heterocycles. The zero-order valence-electron chi connectivity index (χ0n) is 9.61. The highest BCUT2D eigenvalue weighted by Gasteiger charge is 2.05. The molecule has 0 spiro atoms. The number of hydrogen-bond donors (Lipinski definition) is 3. The first-order valence-electron chi connectivity index (χ1n) is 5.46. The molecule has 0 aliphatic rings. The standard InChI is InChI=1S/C12H13IN4O/c13-10-11(16-7-17-12(10)18)15-6-9-4-2-1-3-8(9)5-14/h1-4,7H,5-6,14H2,(H2,15,16,17,18). The van der Waals surface area contributed by atoms with Crippen LogP contribution < -0.4 is 16.6 Å². The Bertz CT molecular complexity index is 597. The third-order valence-electron chi connectivity index (χ3n) is 2.58. The molecular formula is C12H13IN4O. The zero-order valence-corrected chi connectivity index (χ0v) is 11.8. The molecule has 1 aromatic heterocycles. The fourth-order valence-corrected chi connectivity index (χ4v) is 2.10. The molecule has 0 unspecified atom stereocenters. The fraction of sp³-hybridized carbons (Fsp3) is 0.167. The largest absolute Gasteiger partial charge is 0.365 e. The van der Waals surface area contributed by atoms with Crippen molar-refractivity contribution in [2.45, 2.75) is 13.1 Å². The van der Waals surface area contributed by atoms with Crippen LogP contribution in [0.15, 0.2) is 35.4 Å². The quantitative estimate of drug-likeness (QED) is 0.724. The van der Waals surface area contributed by atoms with E-state index < -0.39 is 0 Å². The molecule has 5 nitrogen and oxygen atoms in total. The van der Waals surface area contributed by atoms with Crippen molar-refractivity contribution in [2.75, 3.05) is 5.32 Å². The number of benzene rings is 1. The lowest BCUT2D eigenvalue weighted by atomic mass is 10.1. The summed E-state index contributed by atoms with van der Waals surface area (Å²) in [6.45, 7) is 1.09. The molecule has 0 saturated carbocycles. The van der Waals surface area contributed by atoms with E-state index in [2.05, 4.69) is 15.3 Å². The summed E-state index contributed by atoms with van der Waals surface area (Å²) in [6, 6.07) is 7.93. The molecule has 2 aromatic rings. The van der Waals surface area contributed by atoms with Crippen LogP contribution in [0.25, 0.3) is 0 Å². The lowest BCUT2D eigenvalue weighted by Gasteiger charge is -2.10. The fourth-order valence-electron chi connectivity index (χ4n) is 1.61. The number of H-pyrrole nitrogens is 1. The molecule has 0 radical (unpaired) electrons. The molecule has 1 heterocycles. The number of aromatic nitrogens is 2. The van der Waals surface area contributed by atoms with Gasteiger partial charge in [0.15, 0.2) is 0 Å². The third kappa shape index (κ3) is 2.88. The van der Waals surface area contributed by atoms with Gasteiger partial charge in [-0.25, -0.2) is 4.98 Å². The van der Waals surface area contributed by atoms with Crippen molar-refractivity contribution in [3.8, 4) is 0 Å². The Balaban J connectivity index is 2.16. The summed E-state index contributed by atoms with van der Waals surface area (Å²) in [7, 11) is 0. The van der Waals surface area contributed by atoms with Crippen LogP contribution in [-0.2, 0) is 13.1 Å². The van der Waals surface area contributed by atoms with E-state index in [1.165, 1.54) is 6.33 Å². The van der Waals surface area contributed by atoms with Gasteiger partial charge in [-0.1, -0.05) is 24.3 Å². The second-order valence-corrected chi connectivity index (χ2v) is 4.80. The molecule has 0 amide bonds. The van der Waals surface area contributed by atoms with Crippen molar-refractivity contribution in [3.05, 3.63) is 55.6 Å². The summed E-state index contributed by atoms with van der Waals surface area (Å²) < 4.78 is 0.556. The number of anilines is 1. The zero-order chi connectivity index (χ0) is 13.0. The Hall–Kier alpha value is -1.41. The molecule has 6 heteroatoms. The maximum atomic E-state index is 11.4. The van der Waals surface area contributed by atoms with Gasteiger partial charge in [-0.05, 0) is 33.7 Å². The van der Waals surface area contributed by atoms with Crippen molar-refractivity contribution in [1.29, 1.82) is 0 Å². The molecule has 2 rings (SSSR count). The number of nitrogens with zero attached hydrogens (tertiary/aromatic N) is 1. The predicted octanol–water partition coefficient (Wildman–Crippen LogP) is 1.45. The van der Waals surface area contributed by atoms with E-state index in [4.69, 9.17) is 5.73 Å². The van der Waals surface area contributed by atoms with Crippen LogP contribution in [0, 0.1) is 3.57 Å². The number of aromatic amines is 1. The average molecular weight is 356 g/mol. The maximum Gasteiger partial charge on any atom is 0.266 e. The first-order valence-corrected chi connectivity index (χ1v) is 6.54. The van der Waals surface area contributed by atoms with Gasteiger partial charge in [-0.2, -0.15) is 0 Å². The molecule has 4 N–H and O–H groups in total. The van der Waals surface area contributed by atoms with Gasteiger partial charge in [-0.3, -0.25) is 4.79 Å². The Labute approximate surface area is 118 Å². The highest BCUT2D eigenvalue weighted by atomic mass is 127. The maximum absolute atomic E-state index is 11.4.